The standard InChI is InChI=1S/C52H77ClN14O13S/c1-28(45(73)59-29(2)46(74)62-33(44(54)72)14-7-9-21-56-40(68)18-6-5-17-39-43-37(27-81-39)65-52(80)66-43)60-47(75)34(15-11-22-57-51(55)79)63-48(76)36(24-30-26-58-32-13-4-3-12-31(30)32)64-49(77)38-16-8-10-23-67(38)50(78)35(19-20-42(70)71)61-41(69)25-53/h3-4,12-13,26,28-29,33-39,43,58H,5-11,14-25,27H2,1-2H3,(H2,54,72)(H,56,68)(H,59,73)(H,60,75)(H,61,69)(H,62,74)(H,63,76)(H,64,77)(H,70,71)(H3,55,57,79)(H2,65,66,80)/t28-,29-,33-,34-,35-,36-,37+,38-,39+,43+/m0/s1. The number of carbonyl (C=O) groups excluding carboxylic acids is 11. The van der Waals surface area contributed by atoms with Gasteiger partial charge in [0.25, 0.3) is 0 Å². The lowest BCUT2D eigenvalue weighted by Crippen LogP contribution is -2.61. The van der Waals surface area contributed by atoms with Gasteiger partial charge in [0.2, 0.25) is 53.2 Å². The van der Waals surface area contributed by atoms with Crippen LogP contribution < -0.4 is 64.6 Å². The number of carboxylic acid groups (broad SMARTS) is 1. The number of hydrogen-bond donors (Lipinski definition) is 14. The molecule has 0 spiro atoms. The number of carbonyl (C=O) groups is 12. The van der Waals surface area contributed by atoms with Gasteiger partial charge in [0, 0.05) is 67.0 Å². The molecule has 29 heteroatoms. The van der Waals surface area contributed by atoms with E-state index in [2.05, 4.69) is 58.2 Å². The van der Waals surface area contributed by atoms with E-state index < -0.39 is 114 Å². The van der Waals surface area contributed by atoms with Gasteiger partial charge in [-0.3, -0.25) is 47.9 Å². The number of hydrogen-bond acceptors (Lipinski definition) is 13. The predicted molar refractivity (Wildman–Crippen MR) is 299 cm³/mol. The number of likely N-dealkylation sites (tertiary alicyclic amines) is 1. The Labute approximate surface area is 477 Å². The zero-order valence-electron chi connectivity index (χ0n) is 45.5. The van der Waals surface area contributed by atoms with Crippen molar-refractivity contribution in [3.05, 3.63) is 36.0 Å². The molecule has 3 aliphatic heterocycles. The van der Waals surface area contributed by atoms with Crippen LogP contribution in [0.1, 0.15) is 109 Å². The van der Waals surface area contributed by atoms with E-state index >= 15 is 0 Å². The number of nitrogens with one attached hydrogen (secondary N) is 11. The van der Waals surface area contributed by atoms with Gasteiger partial charge in [0.15, 0.2) is 0 Å². The number of carboxylic acids is 1. The number of aromatic nitrogens is 1. The average molecular weight is 1170 g/mol. The molecule has 3 saturated heterocycles. The number of unbranched alkanes of at least 4 members (excludes halogenated alkanes) is 2. The summed E-state index contributed by atoms with van der Waals surface area (Å²) in [5.74, 6) is -7.19. The van der Waals surface area contributed by atoms with E-state index in [0.717, 1.165) is 29.5 Å². The zero-order chi connectivity index (χ0) is 59.2. The fraction of sp³-hybridized carbons (Fsp3) is 0.615. The summed E-state index contributed by atoms with van der Waals surface area (Å²) >= 11 is 7.51. The van der Waals surface area contributed by atoms with Crippen LogP contribution in [0.2, 0.25) is 0 Å². The van der Waals surface area contributed by atoms with Crippen LogP contribution in [-0.2, 0) is 54.4 Å². The number of nitrogens with zero attached hydrogens (tertiary/aromatic N) is 1. The number of rotatable bonds is 33. The van der Waals surface area contributed by atoms with E-state index in [0.29, 0.717) is 55.9 Å². The van der Waals surface area contributed by atoms with Gasteiger partial charge in [-0.15, -0.1) is 11.6 Å². The van der Waals surface area contributed by atoms with Crippen molar-refractivity contribution in [3.8, 4) is 0 Å². The maximum absolute atomic E-state index is 14.5. The fourth-order valence-corrected chi connectivity index (χ4v) is 11.5. The summed E-state index contributed by atoms with van der Waals surface area (Å²) in [7, 11) is 0. The topological polar surface area (TPSA) is 416 Å². The van der Waals surface area contributed by atoms with E-state index in [1.807, 2.05) is 17.8 Å². The highest BCUT2D eigenvalue weighted by Gasteiger charge is 2.43. The molecule has 81 heavy (non-hydrogen) atoms. The van der Waals surface area contributed by atoms with Crippen molar-refractivity contribution in [2.24, 2.45) is 11.5 Å². The second-order valence-electron chi connectivity index (χ2n) is 20.5. The number of fused-ring (bicyclic) bond motifs is 2. The van der Waals surface area contributed by atoms with E-state index in [-0.39, 0.29) is 75.6 Å². The first-order valence-electron chi connectivity index (χ1n) is 27.4. The highest BCUT2D eigenvalue weighted by molar-refractivity contribution is 8.00. The zero-order valence-corrected chi connectivity index (χ0v) is 47.1. The molecule has 4 heterocycles. The van der Waals surface area contributed by atoms with Gasteiger partial charge in [0.1, 0.15) is 48.2 Å². The van der Waals surface area contributed by atoms with Crippen molar-refractivity contribution < 1.29 is 62.6 Å². The number of halogens is 1. The van der Waals surface area contributed by atoms with E-state index in [9.17, 15) is 62.6 Å². The first-order chi connectivity index (χ1) is 38.6. The van der Waals surface area contributed by atoms with Crippen molar-refractivity contribution in [1.82, 2.24) is 63.1 Å². The summed E-state index contributed by atoms with van der Waals surface area (Å²) in [6.07, 6.45) is 5.76. The van der Waals surface area contributed by atoms with Crippen LogP contribution in [0.4, 0.5) is 9.59 Å². The highest BCUT2D eigenvalue weighted by Crippen LogP contribution is 2.33. The summed E-state index contributed by atoms with van der Waals surface area (Å²) in [6.45, 7) is 3.11. The molecule has 2 aromatic rings. The van der Waals surface area contributed by atoms with Gasteiger partial charge in [-0.05, 0) is 96.1 Å². The molecule has 0 aliphatic carbocycles. The van der Waals surface area contributed by atoms with Crippen molar-refractivity contribution in [2.45, 2.75) is 170 Å². The fourth-order valence-electron chi connectivity index (χ4n) is 9.91. The number of thioether (sulfide) groups is 1. The monoisotopic (exact) mass is 1170 g/mol. The van der Waals surface area contributed by atoms with Crippen molar-refractivity contribution in [2.75, 3.05) is 31.3 Å². The molecule has 1 aromatic heterocycles. The maximum atomic E-state index is 14.5. The van der Waals surface area contributed by atoms with Gasteiger partial charge in [-0.1, -0.05) is 24.6 Å². The number of benzene rings is 1. The number of H-pyrrole nitrogens is 1. The first kappa shape index (κ1) is 64.5. The Morgan fingerprint density at radius 3 is 2.12 bits per heavy atom. The predicted octanol–water partition coefficient (Wildman–Crippen LogP) is -0.910. The smallest absolute Gasteiger partial charge is 0.315 e. The number of alkyl halides is 1. The third kappa shape index (κ3) is 20.3. The van der Waals surface area contributed by atoms with Crippen molar-refractivity contribution >= 4 is 105 Å². The molecule has 27 nitrogen and oxygen atoms in total. The molecular formula is C52H77ClN14O13S. The van der Waals surface area contributed by atoms with Gasteiger partial charge < -0.3 is 79.6 Å². The lowest BCUT2D eigenvalue weighted by molar-refractivity contribution is -0.146. The number of primary amides is 2. The third-order valence-electron chi connectivity index (χ3n) is 14.3. The van der Waals surface area contributed by atoms with Crippen LogP contribution in [0.5, 0.6) is 0 Å². The summed E-state index contributed by atoms with van der Waals surface area (Å²) in [6, 6.07) is -2.40. The quantitative estimate of drug-likeness (QED) is 0.0234. The minimum atomic E-state index is -1.39. The molecule has 0 bridgehead atoms. The first-order valence-corrected chi connectivity index (χ1v) is 29.0. The molecule has 0 saturated carbocycles. The molecule has 3 aliphatic rings. The van der Waals surface area contributed by atoms with Gasteiger partial charge in [-0.25, -0.2) is 9.59 Å². The SMILES string of the molecule is C[C@H](NC(=O)[C@H](C)NC(=O)[C@H](CCCNC(N)=O)NC(=O)[C@H](Cc1c[nH]c2ccccc12)NC(=O)[C@@H]1CCCCN1C(=O)[C@H](CCC(=O)O)NC(=O)CCl)C(=O)N[C@@H](CCCCNC(=O)CCCC[C@H]1SC[C@H]2NC(=O)N[C@H]21)C(N)=O. The number of amides is 13. The normalized spacial score (nSPS) is 19.6. The number of aromatic amines is 1. The molecule has 16 N–H and O–H groups in total. The number of urea groups is 2. The van der Waals surface area contributed by atoms with E-state index in [1.54, 1.807) is 24.4 Å². The molecule has 13 amide bonds. The van der Waals surface area contributed by atoms with Crippen molar-refractivity contribution in [1.29, 1.82) is 0 Å². The van der Waals surface area contributed by atoms with Crippen LogP contribution in [0.3, 0.4) is 0 Å². The Balaban J connectivity index is 1.17. The summed E-state index contributed by atoms with van der Waals surface area (Å²) in [5.41, 5.74) is 12.2. The van der Waals surface area contributed by atoms with Crippen LogP contribution in [0.25, 0.3) is 10.9 Å². The number of piperidine rings is 1. The molecule has 10 atom stereocenters. The highest BCUT2D eigenvalue weighted by atomic mass is 35.5. The van der Waals surface area contributed by atoms with Crippen molar-refractivity contribution in [3.63, 3.8) is 0 Å². The lowest BCUT2D eigenvalue weighted by atomic mass is 9.97. The second kappa shape index (κ2) is 32.2. The number of aliphatic carboxylic acids is 1. The average Bonchev–Trinajstić information content (AvgIpc) is 4.15. The van der Waals surface area contributed by atoms with E-state index in [4.69, 9.17) is 23.1 Å². The largest absolute Gasteiger partial charge is 0.481 e. The van der Waals surface area contributed by atoms with E-state index in [1.165, 1.54) is 18.7 Å². The lowest BCUT2D eigenvalue weighted by Gasteiger charge is -2.37. The van der Waals surface area contributed by atoms with Gasteiger partial charge in [0.05, 0.1) is 12.1 Å². The van der Waals surface area contributed by atoms with Crippen LogP contribution >= 0.6 is 23.4 Å². The Hall–Kier alpha value is -7.36. The number of nitrogens with two attached hydrogens (primary N) is 2. The Morgan fingerprint density at radius 1 is 0.728 bits per heavy atom. The van der Waals surface area contributed by atoms with Crippen LogP contribution in [-0.4, -0.2) is 177 Å². The van der Waals surface area contributed by atoms with Crippen LogP contribution in [0, 0.1) is 0 Å². The Kier molecular flexibility index (Phi) is 25.6. The minimum absolute atomic E-state index is 0.00947. The molecule has 5 rings (SSSR count). The summed E-state index contributed by atoms with van der Waals surface area (Å²) in [5, 5.41) is 37.0. The molecule has 0 unspecified atom stereocenters. The molecular weight excluding hydrogens is 1100 g/mol. The minimum Gasteiger partial charge on any atom is -0.481 e. The molecule has 3 fully saturated rings. The molecule has 0 radical (unpaired) electrons. The number of para-hydroxylation sites is 1. The maximum Gasteiger partial charge on any atom is 0.315 e. The molecule has 446 valence electrons. The molecule has 1 aromatic carbocycles. The van der Waals surface area contributed by atoms with Gasteiger partial charge in [-0.2, -0.15) is 11.8 Å². The van der Waals surface area contributed by atoms with Crippen LogP contribution in [0.15, 0.2) is 30.5 Å². The second-order valence-corrected chi connectivity index (χ2v) is 22.0. The van der Waals surface area contributed by atoms with Gasteiger partial charge >= 0.3 is 18.0 Å². The summed E-state index contributed by atoms with van der Waals surface area (Å²) < 4.78 is 0. The summed E-state index contributed by atoms with van der Waals surface area (Å²) in [4.78, 5) is 160. The third-order valence-corrected chi connectivity index (χ3v) is 16.1. The Morgan fingerprint density at radius 2 is 1.41 bits per heavy atom. The Bertz CT molecular complexity index is 2590.